The molecule has 1 fully saturated rings. The van der Waals surface area contributed by atoms with Crippen molar-refractivity contribution < 1.29 is 23.0 Å². The molecule has 1 aliphatic heterocycles. The second-order valence-electron chi connectivity index (χ2n) is 3.56. The number of benzene rings is 1. The molecule has 0 aromatic heterocycles. The number of hydrogen-bond donors (Lipinski definition) is 1. The first-order chi connectivity index (χ1) is 7.04. The van der Waals surface area contributed by atoms with Crippen LogP contribution in [0.1, 0.15) is 12.0 Å². The minimum Gasteiger partial charge on any atom is -0.383 e. The number of ether oxygens (including phenoxy) is 1. The van der Waals surface area contributed by atoms with E-state index >= 15 is 0 Å². The van der Waals surface area contributed by atoms with E-state index in [2.05, 4.69) is 0 Å². The van der Waals surface area contributed by atoms with Crippen molar-refractivity contribution in [3.05, 3.63) is 35.1 Å². The van der Waals surface area contributed by atoms with Gasteiger partial charge in [-0.25, -0.2) is 13.2 Å². The Kier molecular flexibility index (Phi) is 2.44. The Morgan fingerprint density at radius 2 is 1.93 bits per heavy atom. The van der Waals surface area contributed by atoms with Crippen molar-refractivity contribution in [1.82, 2.24) is 0 Å². The van der Waals surface area contributed by atoms with E-state index in [0.29, 0.717) is 0 Å². The quantitative estimate of drug-likeness (QED) is 0.727. The second-order valence-corrected chi connectivity index (χ2v) is 3.56. The summed E-state index contributed by atoms with van der Waals surface area (Å²) in [5.41, 5.74) is -1.79. The van der Waals surface area contributed by atoms with Crippen molar-refractivity contribution in [2.45, 2.75) is 12.0 Å². The SMILES string of the molecule is OC1(c2ccc(F)c(F)c2F)CCOC1. The topological polar surface area (TPSA) is 29.5 Å². The van der Waals surface area contributed by atoms with Crippen LogP contribution in [0.25, 0.3) is 0 Å². The van der Waals surface area contributed by atoms with Gasteiger partial charge in [-0.3, -0.25) is 0 Å². The number of rotatable bonds is 1. The van der Waals surface area contributed by atoms with Crippen LogP contribution in [0.4, 0.5) is 13.2 Å². The molecule has 1 N–H and O–H groups in total. The van der Waals surface area contributed by atoms with E-state index < -0.39 is 23.1 Å². The zero-order valence-corrected chi connectivity index (χ0v) is 7.77. The highest BCUT2D eigenvalue weighted by Gasteiger charge is 2.37. The van der Waals surface area contributed by atoms with Crippen molar-refractivity contribution in [3.63, 3.8) is 0 Å². The van der Waals surface area contributed by atoms with Gasteiger partial charge < -0.3 is 9.84 Å². The highest BCUT2D eigenvalue weighted by atomic mass is 19.2. The molecule has 82 valence electrons. The minimum absolute atomic E-state index is 0.102. The Hall–Kier alpha value is -1.07. The molecule has 1 unspecified atom stereocenters. The predicted octanol–water partition coefficient (Wildman–Crippen LogP) is 1.71. The molecular formula is C10H9F3O2. The maximum Gasteiger partial charge on any atom is 0.194 e. The van der Waals surface area contributed by atoms with E-state index in [1.165, 1.54) is 0 Å². The van der Waals surface area contributed by atoms with Crippen molar-refractivity contribution >= 4 is 0 Å². The van der Waals surface area contributed by atoms with Crippen LogP contribution in [-0.4, -0.2) is 18.3 Å². The van der Waals surface area contributed by atoms with E-state index in [9.17, 15) is 18.3 Å². The standard InChI is InChI=1S/C10H9F3O2/c11-7-2-1-6(8(12)9(7)13)10(14)3-4-15-5-10/h1-2,14H,3-5H2. The average molecular weight is 218 g/mol. The van der Waals surface area contributed by atoms with E-state index in [0.717, 1.165) is 12.1 Å². The number of hydrogen-bond acceptors (Lipinski definition) is 2. The normalized spacial score (nSPS) is 25.9. The lowest BCUT2D eigenvalue weighted by molar-refractivity contribution is 0.0194. The molecule has 15 heavy (non-hydrogen) atoms. The van der Waals surface area contributed by atoms with Crippen LogP contribution >= 0.6 is 0 Å². The molecule has 1 heterocycles. The lowest BCUT2D eigenvalue weighted by Gasteiger charge is -2.21. The Morgan fingerprint density at radius 3 is 2.53 bits per heavy atom. The lowest BCUT2D eigenvalue weighted by Crippen LogP contribution is -2.27. The average Bonchev–Trinajstić information content (AvgIpc) is 2.62. The van der Waals surface area contributed by atoms with Gasteiger partial charge in [-0.05, 0) is 12.1 Å². The van der Waals surface area contributed by atoms with Gasteiger partial charge in [-0.2, -0.15) is 0 Å². The van der Waals surface area contributed by atoms with Gasteiger partial charge in [0.05, 0.1) is 6.61 Å². The zero-order chi connectivity index (χ0) is 11.1. The monoisotopic (exact) mass is 218 g/mol. The molecule has 5 heteroatoms. The van der Waals surface area contributed by atoms with E-state index in [4.69, 9.17) is 4.74 Å². The number of aliphatic hydroxyl groups is 1. The maximum atomic E-state index is 13.3. The van der Waals surface area contributed by atoms with Gasteiger partial charge in [0.25, 0.3) is 0 Å². The fourth-order valence-electron chi connectivity index (χ4n) is 1.65. The summed E-state index contributed by atoms with van der Waals surface area (Å²) in [7, 11) is 0. The summed E-state index contributed by atoms with van der Waals surface area (Å²) in [5, 5.41) is 9.90. The molecule has 0 amide bonds. The predicted molar refractivity (Wildman–Crippen MR) is 45.6 cm³/mol. The zero-order valence-electron chi connectivity index (χ0n) is 7.77. The number of halogens is 3. The molecule has 1 aliphatic rings. The fourth-order valence-corrected chi connectivity index (χ4v) is 1.65. The summed E-state index contributed by atoms with van der Waals surface area (Å²) in [6.07, 6.45) is 0.176. The van der Waals surface area contributed by atoms with E-state index in [-0.39, 0.29) is 25.2 Å². The lowest BCUT2D eigenvalue weighted by atomic mass is 9.92. The Balaban J connectivity index is 2.49. The van der Waals surface area contributed by atoms with Crippen LogP contribution in [0.15, 0.2) is 12.1 Å². The molecule has 0 saturated carbocycles. The van der Waals surface area contributed by atoms with Crippen LogP contribution in [0.5, 0.6) is 0 Å². The van der Waals surface area contributed by atoms with Gasteiger partial charge in [-0.15, -0.1) is 0 Å². The first-order valence-corrected chi connectivity index (χ1v) is 4.49. The second kappa shape index (κ2) is 3.50. The smallest absolute Gasteiger partial charge is 0.194 e. The molecule has 2 nitrogen and oxygen atoms in total. The third-order valence-corrected chi connectivity index (χ3v) is 2.54. The molecule has 0 aliphatic carbocycles. The van der Waals surface area contributed by atoms with Gasteiger partial charge in [0.2, 0.25) is 0 Å². The van der Waals surface area contributed by atoms with Crippen LogP contribution in [0, 0.1) is 17.5 Å². The van der Waals surface area contributed by atoms with Crippen LogP contribution < -0.4 is 0 Å². The Bertz CT molecular complexity index is 386. The highest BCUT2D eigenvalue weighted by Crippen LogP contribution is 2.33. The Morgan fingerprint density at radius 1 is 1.20 bits per heavy atom. The van der Waals surface area contributed by atoms with Crippen molar-refractivity contribution in [3.8, 4) is 0 Å². The first kappa shape index (κ1) is 10.4. The van der Waals surface area contributed by atoms with Crippen LogP contribution in [-0.2, 0) is 10.3 Å². The van der Waals surface area contributed by atoms with Crippen molar-refractivity contribution in [1.29, 1.82) is 0 Å². The fraction of sp³-hybridized carbons (Fsp3) is 0.400. The third kappa shape index (κ3) is 1.61. The van der Waals surface area contributed by atoms with E-state index in [1.54, 1.807) is 0 Å². The summed E-state index contributed by atoms with van der Waals surface area (Å²) in [5.74, 6) is -4.17. The van der Waals surface area contributed by atoms with Crippen LogP contribution in [0.2, 0.25) is 0 Å². The molecule has 0 bridgehead atoms. The van der Waals surface area contributed by atoms with Gasteiger partial charge in [0, 0.05) is 18.6 Å². The molecule has 0 radical (unpaired) electrons. The Labute approximate surface area is 84.3 Å². The molecule has 1 aromatic rings. The van der Waals surface area contributed by atoms with Crippen LogP contribution in [0.3, 0.4) is 0 Å². The summed E-state index contributed by atoms with van der Waals surface area (Å²) in [6.45, 7) is 0.171. The van der Waals surface area contributed by atoms with Gasteiger partial charge in [0.1, 0.15) is 5.60 Å². The molecule has 1 aromatic carbocycles. The largest absolute Gasteiger partial charge is 0.383 e. The van der Waals surface area contributed by atoms with Gasteiger partial charge in [0.15, 0.2) is 17.5 Å². The molecule has 2 rings (SSSR count). The maximum absolute atomic E-state index is 13.3. The minimum atomic E-state index is -1.56. The van der Waals surface area contributed by atoms with Gasteiger partial charge >= 0.3 is 0 Å². The summed E-state index contributed by atoms with van der Waals surface area (Å²) in [4.78, 5) is 0. The molecule has 1 atom stereocenters. The van der Waals surface area contributed by atoms with Crippen molar-refractivity contribution in [2.24, 2.45) is 0 Å². The third-order valence-electron chi connectivity index (χ3n) is 2.54. The first-order valence-electron chi connectivity index (χ1n) is 4.49. The summed E-state index contributed by atoms with van der Waals surface area (Å²) in [6, 6.07) is 1.84. The molecule has 1 saturated heterocycles. The summed E-state index contributed by atoms with van der Waals surface area (Å²) >= 11 is 0. The highest BCUT2D eigenvalue weighted by molar-refractivity contribution is 5.27. The summed E-state index contributed by atoms with van der Waals surface area (Å²) < 4.78 is 43.8. The molecule has 0 spiro atoms. The van der Waals surface area contributed by atoms with Gasteiger partial charge in [-0.1, -0.05) is 0 Å². The van der Waals surface area contributed by atoms with Crippen molar-refractivity contribution in [2.75, 3.05) is 13.2 Å². The molecular weight excluding hydrogens is 209 g/mol. The van der Waals surface area contributed by atoms with E-state index in [1.807, 2.05) is 0 Å².